The van der Waals surface area contributed by atoms with Crippen molar-refractivity contribution in [3.05, 3.63) is 163 Å². The van der Waals surface area contributed by atoms with E-state index in [1.54, 1.807) is 0 Å². The van der Waals surface area contributed by atoms with Crippen molar-refractivity contribution in [3.63, 3.8) is 0 Å². The van der Waals surface area contributed by atoms with E-state index in [4.69, 9.17) is 9.97 Å². The standard InChI is InChI=1S/C45H32N4/c1-29-20-25-37-36(28-29)44(32-14-6-3-7-15-32)47-45(46-37)49-39-19-11-9-17-35(39)43-41(49)27-26-40-42(43)34-16-8-10-18-38(34)48(40)33-23-21-31(22-24-33)30-12-4-2-5-13-30/h2-27,29H,28H2,1H3. The highest BCUT2D eigenvalue weighted by atomic mass is 15.2. The van der Waals surface area contributed by atoms with E-state index in [0.29, 0.717) is 11.9 Å². The smallest absolute Gasteiger partial charge is 0.235 e. The lowest BCUT2D eigenvalue weighted by atomic mass is 9.91. The van der Waals surface area contributed by atoms with E-state index in [1.165, 1.54) is 49.3 Å². The number of allylic oxidation sites excluding steroid dienone is 1. The summed E-state index contributed by atoms with van der Waals surface area (Å²) in [4.78, 5) is 10.6. The van der Waals surface area contributed by atoms with E-state index in [9.17, 15) is 0 Å². The highest BCUT2D eigenvalue weighted by Gasteiger charge is 2.24. The topological polar surface area (TPSA) is 35.6 Å². The predicted molar refractivity (Wildman–Crippen MR) is 203 cm³/mol. The van der Waals surface area contributed by atoms with E-state index in [2.05, 4.69) is 174 Å². The van der Waals surface area contributed by atoms with Gasteiger partial charge in [-0.1, -0.05) is 122 Å². The van der Waals surface area contributed by atoms with Gasteiger partial charge in [0.05, 0.1) is 33.5 Å². The molecule has 0 saturated heterocycles. The van der Waals surface area contributed by atoms with Crippen molar-refractivity contribution >= 4 is 49.7 Å². The number of para-hydroxylation sites is 2. The first-order valence-electron chi connectivity index (χ1n) is 17.0. The molecule has 6 aromatic carbocycles. The second-order valence-electron chi connectivity index (χ2n) is 13.1. The molecule has 0 amide bonds. The van der Waals surface area contributed by atoms with E-state index >= 15 is 0 Å². The highest BCUT2D eigenvalue weighted by Crippen LogP contribution is 2.42. The largest absolute Gasteiger partial charge is 0.309 e. The van der Waals surface area contributed by atoms with Gasteiger partial charge in [0.1, 0.15) is 0 Å². The lowest BCUT2D eigenvalue weighted by Crippen LogP contribution is -2.12. The summed E-state index contributed by atoms with van der Waals surface area (Å²) in [5, 5.41) is 4.88. The molecule has 1 unspecified atom stereocenters. The maximum absolute atomic E-state index is 5.37. The molecule has 0 aliphatic heterocycles. The second-order valence-corrected chi connectivity index (χ2v) is 13.1. The highest BCUT2D eigenvalue weighted by molar-refractivity contribution is 6.28. The van der Waals surface area contributed by atoms with Gasteiger partial charge >= 0.3 is 0 Å². The van der Waals surface area contributed by atoms with Crippen molar-refractivity contribution in [2.45, 2.75) is 13.3 Å². The Morgan fingerprint density at radius 2 is 1.06 bits per heavy atom. The van der Waals surface area contributed by atoms with Gasteiger partial charge in [-0.15, -0.1) is 0 Å². The van der Waals surface area contributed by atoms with Crippen LogP contribution in [-0.2, 0) is 6.42 Å². The normalized spacial score (nSPS) is 14.3. The maximum Gasteiger partial charge on any atom is 0.235 e. The van der Waals surface area contributed by atoms with Crippen LogP contribution in [0.4, 0.5) is 0 Å². The molecule has 3 heterocycles. The zero-order valence-electron chi connectivity index (χ0n) is 27.1. The lowest BCUT2D eigenvalue weighted by molar-refractivity contribution is 0.708. The average Bonchev–Trinajstić information content (AvgIpc) is 3.68. The molecule has 0 N–H and O–H groups in total. The Bertz CT molecular complexity index is 2730. The molecule has 9 aromatic rings. The number of nitrogens with zero attached hydrogens (tertiary/aromatic N) is 4. The minimum Gasteiger partial charge on any atom is -0.309 e. The minimum atomic E-state index is 0.442. The van der Waals surface area contributed by atoms with Gasteiger partial charge in [-0.2, -0.15) is 0 Å². The Labute approximate surface area is 284 Å². The van der Waals surface area contributed by atoms with Gasteiger partial charge in [0.25, 0.3) is 0 Å². The van der Waals surface area contributed by atoms with E-state index in [-0.39, 0.29) is 0 Å². The molecule has 0 radical (unpaired) electrons. The molecule has 10 rings (SSSR count). The summed E-state index contributed by atoms with van der Waals surface area (Å²) in [7, 11) is 0. The lowest BCUT2D eigenvalue weighted by Gasteiger charge is -2.20. The van der Waals surface area contributed by atoms with Crippen LogP contribution in [-0.4, -0.2) is 19.1 Å². The summed E-state index contributed by atoms with van der Waals surface area (Å²) in [5.74, 6) is 1.14. The van der Waals surface area contributed by atoms with Crippen LogP contribution in [0.15, 0.2) is 152 Å². The number of aromatic nitrogens is 4. The van der Waals surface area contributed by atoms with Crippen molar-refractivity contribution in [3.8, 4) is 34.0 Å². The fourth-order valence-corrected chi connectivity index (χ4v) is 7.85. The molecule has 1 aliphatic rings. The van der Waals surface area contributed by atoms with Crippen LogP contribution in [0, 0.1) is 5.92 Å². The third-order valence-electron chi connectivity index (χ3n) is 10.1. The van der Waals surface area contributed by atoms with Crippen molar-refractivity contribution in [2.75, 3.05) is 0 Å². The van der Waals surface area contributed by atoms with Gasteiger partial charge in [-0.3, -0.25) is 4.57 Å². The van der Waals surface area contributed by atoms with E-state index in [1.807, 2.05) is 0 Å². The van der Waals surface area contributed by atoms with Crippen LogP contribution in [0.2, 0.25) is 0 Å². The van der Waals surface area contributed by atoms with Gasteiger partial charge in [0.2, 0.25) is 5.95 Å². The zero-order chi connectivity index (χ0) is 32.5. The molecule has 1 aliphatic carbocycles. The summed E-state index contributed by atoms with van der Waals surface area (Å²) >= 11 is 0. The number of benzene rings is 6. The van der Waals surface area contributed by atoms with Gasteiger partial charge in [0, 0.05) is 38.4 Å². The predicted octanol–water partition coefficient (Wildman–Crippen LogP) is 11.2. The SMILES string of the molecule is CC1C=Cc2nc(-n3c4ccccc4c4c5c6ccccc6n(-c6ccc(-c7ccccc7)cc6)c5ccc43)nc(-c3ccccc3)c2C1. The van der Waals surface area contributed by atoms with Crippen molar-refractivity contribution < 1.29 is 0 Å². The van der Waals surface area contributed by atoms with Crippen molar-refractivity contribution in [1.82, 2.24) is 19.1 Å². The van der Waals surface area contributed by atoms with Crippen LogP contribution in [0.3, 0.4) is 0 Å². The molecular formula is C45H32N4. The third kappa shape index (κ3) is 4.31. The molecule has 0 spiro atoms. The average molecular weight is 629 g/mol. The maximum atomic E-state index is 5.37. The van der Waals surface area contributed by atoms with Crippen molar-refractivity contribution in [1.29, 1.82) is 0 Å². The van der Waals surface area contributed by atoms with E-state index < -0.39 is 0 Å². The van der Waals surface area contributed by atoms with E-state index in [0.717, 1.165) is 40.1 Å². The Hall–Kier alpha value is -6.26. The molecule has 1 atom stereocenters. The first kappa shape index (κ1) is 27.8. The van der Waals surface area contributed by atoms with Crippen LogP contribution in [0.25, 0.3) is 83.7 Å². The fourth-order valence-electron chi connectivity index (χ4n) is 7.85. The molecule has 232 valence electrons. The molecule has 49 heavy (non-hydrogen) atoms. The van der Waals surface area contributed by atoms with Crippen molar-refractivity contribution in [2.24, 2.45) is 5.92 Å². The molecular weight excluding hydrogens is 597 g/mol. The third-order valence-corrected chi connectivity index (χ3v) is 10.1. The zero-order valence-corrected chi connectivity index (χ0v) is 27.1. The molecule has 0 bridgehead atoms. The monoisotopic (exact) mass is 628 g/mol. The summed E-state index contributed by atoms with van der Waals surface area (Å²) in [6.07, 6.45) is 5.38. The van der Waals surface area contributed by atoms with Crippen LogP contribution in [0.1, 0.15) is 18.2 Å². The fraction of sp³-hybridized carbons (Fsp3) is 0.0667. The van der Waals surface area contributed by atoms with Crippen LogP contribution >= 0.6 is 0 Å². The molecule has 3 aromatic heterocycles. The first-order chi connectivity index (χ1) is 24.2. The second kappa shape index (κ2) is 10.9. The summed E-state index contributed by atoms with van der Waals surface area (Å²) in [6.45, 7) is 2.26. The molecule has 0 saturated carbocycles. The first-order valence-corrected chi connectivity index (χ1v) is 17.0. The quantitative estimate of drug-likeness (QED) is 0.194. The van der Waals surface area contributed by atoms with Gasteiger partial charge < -0.3 is 4.57 Å². The van der Waals surface area contributed by atoms with Crippen LogP contribution in [0.5, 0.6) is 0 Å². The summed E-state index contributed by atoms with van der Waals surface area (Å²) < 4.78 is 4.67. The summed E-state index contributed by atoms with van der Waals surface area (Å²) in [5.41, 5.74) is 12.5. The summed E-state index contributed by atoms with van der Waals surface area (Å²) in [6, 6.07) is 52.1. The molecule has 4 heteroatoms. The van der Waals surface area contributed by atoms with Crippen LogP contribution < -0.4 is 0 Å². The number of rotatable bonds is 4. The Balaban J connectivity index is 1.25. The van der Waals surface area contributed by atoms with Gasteiger partial charge in [0.15, 0.2) is 0 Å². The Kier molecular flexibility index (Phi) is 6.18. The Morgan fingerprint density at radius 3 is 1.73 bits per heavy atom. The van der Waals surface area contributed by atoms with Gasteiger partial charge in [-0.25, -0.2) is 9.97 Å². The number of hydrogen-bond donors (Lipinski definition) is 0. The minimum absolute atomic E-state index is 0.442. The molecule has 4 nitrogen and oxygen atoms in total. The van der Waals surface area contributed by atoms with Gasteiger partial charge in [-0.05, 0) is 65.9 Å². The number of fused-ring (bicyclic) bond motifs is 8. The Morgan fingerprint density at radius 1 is 0.510 bits per heavy atom. The number of hydrogen-bond acceptors (Lipinski definition) is 2. The molecule has 0 fully saturated rings.